The van der Waals surface area contributed by atoms with Gasteiger partial charge in [0.2, 0.25) is 5.43 Å². The zero-order valence-electron chi connectivity index (χ0n) is 21.3. The number of ether oxygens (including phenoxy) is 4. The third kappa shape index (κ3) is 3.80. The molecule has 0 spiro atoms. The number of carbonyl (C=O) groups is 2. The van der Waals surface area contributed by atoms with Gasteiger partial charge in [0.05, 0.1) is 29.1 Å². The highest BCUT2D eigenvalue weighted by Crippen LogP contribution is 2.49. The molecule has 37 heavy (non-hydrogen) atoms. The standard InChI is InChI=1S/C29H27NO7/c1-7-22(32)36-28-27(35-15(2)31)24-21(37-29(28,3)4)14-20(34-6)23-25(24)30(5)19-13-17-11-9-8-10-16(17)12-18(19)26(23)33/h7-14,27-28H,1H2,2-6H3/t27-,28-/m1/s1. The van der Waals surface area contributed by atoms with Crippen molar-refractivity contribution in [3.05, 3.63) is 70.9 Å². The third-order valence-corrected chi connectivity index (χ3v) is 6.84. The lowest BCUT2D eigenvalue weighted by molar-refractivity contribution is -0.185. The van der Waals surface area contributed by atoms with E-state index >= 15 is 0 Å². The summed E-state index contributed by atoms with van der Waals surface area (Å²) in [4.78, 5) is 38.5. The summed E-state index contributed by atoms with van der Waals surface area (Å²) >= 11 is 0. The first-order valence-electron chi connectivity index (χ1n) is 11.8. The molecule has 1 aromatic heterocycles. The summed E-state index contributed by atoms with van der Waals surface area (Å²) in [5.74, 6) is -0.579. The van der Waals surface area contributed by atoms with Crippen LogP contribution in [-0.4, -0.2) is 35.3 Å². The Morgan fingerprint density at radius 1 is 1.11 bits per heavy atom. The van der Waals surface area contributed by atoms with Crippen molar-refractivity contribution in [2.45, 2.75) is 38.6 Å². The average molecular weight is 502 g/mol. The maximum Gasteiger partial charge on any atom is 0.330 e. The number of aromatic nitrogens is 1. The monoisotopic (exact) mass is 501 g/mol. The van der Waals surface area contributed by atoms with Crippen LogP contribution >= 0.6 is 0 Å². The summed E-state index contributed by atoms with van der Waals surface area (Å²) in [6, 6.07) is 13.2. The van der Waals surface area contributed by atoms with Gasteiger partial charge in [-0.05, 0) is 36.8 Å². The SMILES string of the molecule is C=CC(=O)O[C@@H]1[C@H](OC(C)=O)c2c(cc(OC)c3c(=O)c4cc5ccccc5cc4n(C)c23)OC1(C)C. The van der Waals surface area contributed by atoms with Crippen molar-refractivity contribution in [2.24, 2.45) is 7.05 Å². The van der Waals surface area contributed by atoms with Crippen molar-refractivity contribution in [3.8, 4) is 11.5 Å². The highest BCUT2D eigenvalue weighted by molar-refractivity contribution is 6.04. The highest BCUT2D eigenvalue weighted by Gasteiger charge is 2.50. The minimum absolute atomic E-state index is 0.237. The maximum atomic E-state index is 14.0. The van der Waals surface area contributed by atoms with E-state index in [1.54, 1.807) is 19.9 Å². The molecule has 1 aliphatic rings. The van der Waals surface area contributed by atoms with Gasteiger partial charge in [0, 0.05) is 31.5 Å². The van der Waals surface area contributed by atoms with E-state index in [0.717, 1.165) is 16.8 Å². The van der Waals surface area contributed by atoms with E-state index < -0.39 is 29.7 Å². The Morgan fingerprint density at radius 2 is 1.78 bits per heavy atom. The Kier molecular flexibility index (Phi) is 5.70. The molecule has 2 heterocycles. The number of fused-ring (bicyclic) bond motifs is 5. The molecule has 4 aromatic rings. The van der Waals surface area contributed by atoms with Gasteiger partial charge in [0.25, 0.3) is 0 Å². The predicted octanol–water partition coefficient (Wildman–Crippen LogP) is 4.73. The second-order valence-corrected chi connectivity index (χ2v) is 9.62. The predicted molar refractivity (Wildman–Crippen MR) is 140 cm³/mol. The Morgan fingerprint density at radius 3 is 2.41 bits per heavy atom. The second kappa shape index (κ2) is 8.65. The molecule has 0 N–H and O–H groups in total. The lowest BCUT2D eigenvalue weighted by atomic mass is 9.86. The maximum absolute atomic E-state index is 14.0. The van der Waals surface area contributed by atoms with E-state index in [2.05, 4.69) is 6.58 Å². The smallest absolute Gasteiger partial charge is 0.330 e. The summed E-state index contributed by atoms with van der Waals surface area (Å²) in [7, 11) is 3.31. The van der Waals surface area contributed by atoms with E-state index in [9.17, 15) is 14.4 Å². The molecule has 3 aromatic carbocycles. The van der Waals surface area contributed by atoms with Gasteiger partial charge >= 0.3 is 11.9 Å². The summed E-state index contributed by atoms with van der Waals surface area (Å²) < 4.78 is 25.3. The normalized spacial score (nSPS) is 18.2. The van der Waals surface area contributed by atoms with E-state index in [1.807, 2.05) is 48.0 Å². The van der Waals surface area contributed by atoms with E-state index in [0.29, 0.717) is 38.9 Å². The van der Waals surface area contributed by atoms with Crippen LogP contribution in [0.15, 0.2) is 59.9 Å². The number of carbonyl (C=O) groups excluding carboxylic acids is 2. The summed E-state index contributed by atoms with van der Waals surface area (Å²) in [5, 5.41) is 2.72. The summed E-state index contributed by atoms with van der Waals surface area (Å²) in [6.07, 6.45) is -1.04. The number of rotatable bonds is 4. The molecular formula is C29H27NO7. The number of esters is 2. The van der Waals surface area contributed by atoms with Crippen LogP contribution in [0.5, 0.6) is 11.5 Å². The number of nitrogens with zero attached hydrogens (tertiary/aromatic N) is 1. The molecular weight excluding hydrogens is 474 g/mol. The largest absolute Gasteiger partial charge is 0.496 e. The molecule has 0 fully saturated rings. The molecule has 0 aliphatic carbocycles. The molecule has 0 saturated carbocycles. The molecule has 0 unspecified atom stereocenters. The Balaban J connectivity index is 1.94. The number of hydrogen-bond donors (Lipinski definition) is 0. The summed E-state index contributed by atoms with van der Waals surface area (Å²) in [6.45, 7) is 8.22. The van der Waals surface area contributed by atoms with Crippen molar-refractivity contribution < 1.29 is 28.5 Å². The van der Waals surface area contributed by atoms with Crippen LogP contribution in [-0.2, 0) is 26.1 Å². The number of aryl methyl sites for hydroxylation is 1. The van der Waals surface area contributed by atoms with Crippen molar-refractivity contribution >= 4 is 44.5 Å². The highest BCUT2D eigenvalue weighted by atomic mass is 16.6. The molecule has 0 bridgehead atoms. The first kappa shape index (κ1) is 24.4. The molecule has 1 aliphatic heterocycles. The molecule has 0 amide bonds. The first-order valence-corrected chi connectivity index (χ1v) is 11.8. The number of pyridine rings is 1. The van der Waals surface area contributed by atoms with Crippen molar-refractivity contribution in [1.29, 1.82) is 0 Å². The van der Waals surface area contributed by atoms with Gasteiger partial charge in [0.15, 0.2) is 12.2 Å². The van der Waals surface area contributed by atoms with Crippen LogP contribution in [0.4, 0.5) is 0 Å². The number of benzene rings is 3. The molecule has 8 nitrogen and oxygen atoms in total. The number of methoxy groups -OCH3 is 1. The number of hydrogen-bond acceptors (Lipinski definition) is 7. The van der Waals surface area contributed by atoms with Crippen LogP contribution in [0.2, 0.25) is 0 Å². The average Bonchev–Trinajstić information content (AvgIpc) is 2.86. The van der Waals surface area contributed by atoms with Crippen LogP contribution in [0.25, 0.3) is 32.6 Å². The van der Waals surface area contributed by atoms with Gasteiger partial charge in [-0.15, -0.1) is 0 Å². The Labute approximate surface area is 213 Å². The Bertz CT molecular complexity index is 1680. The van der Waals surface area contributed by atoms with Gasteiger partial charge in [-0.1, -0.05) is 30.8 Å². The zero-order valence-corrected chi connectivity index (χ0v) is 21.3. The molecule has 0 radical (unpaired) electrons. The second-order valence-electron chi connectivity index (χ2n) is 9.62. The topological polar surface area (TPSA) is 93.1 Å². The Hall–Kier alpha value is -4.33. The molecule has 2 atom stereocenters. The summed E-state index contributed by atoms with van der Waals surface area (Å²) in [5.41, 5.74) is 0.235. The minimum Gasteiger partial charge on any atom is -0.496 e. The van der Waals surface area contributed by atoms with Gasteiger partial charge in [-0.2, -0.15) is 0 Å². The lowest BCUT2D eigenvalue weighted by Crippen LogP contribution is -2.52. The van der Waals surface area contributed by atoms with Crippen molar-refractivity contribution in [2.75, 3.05) is 7.11 Å². The molecule has 190 valence electrons. The van der Waals surface area contributed by atoms with Crippen LogP contribution in [0.3, 0.4) is 0 Å². The fraction of sp³-hybridized carbons (Fsp3) is 0.276. The van der Waals surface area contributed by atoms with E-state index in [4.69, 9.17) is 18.9 Å². The van der Waals surface area contributed by atoms with E-state index in [1.165, 1.54) is 14.0 Å². The molecule has 8 heteroatoms. The van der Waals surface area contributed by atoms with E-state index in [-0.39, 0.29) is 5.43 Å². The van der Waals surface area contributed by atoms with Gasteiger partial charge < -0.3 is 23.5 Å². The molecule has 0 saturated heterocycles. The van der Waals surface area contributed by atoms with Crippen LogP contribution < -0.4 is 14.9 Å². The fourth-order valence-corrected chi connectivity index (χ4v) is 5.20. The minimum atomic E-state index is -1.09. The van der Waals surface area contributed by atoms with Gasteiger partial charge in [0.1, 0.15) is 17.1 Å². The van der Waals surface area contributed by atoms with Gasteiger partial charge in [-0.3, -0.25) is 9.59 Å². The van der Waals surface area contributed by atoms with Crippen LogP contribution in [0, 0.1) is 0 Å². The van der Waals surface area contributed by atoms with Crippen molar-refractivity contribution in [3.63, 3.8) is 0 Å². The van der Waals surface area contributed by atoms with Crippen LogP contribution in [0.1, 0.15) is 32.4 Å². The van der Waals surface area contributed by atoms with Crippen molar-refractivity contribution in [1.82, 2.24) is 4.57 Å². The third-order valence-electron chi connectivity index (χ3n) is 6.84. The zero-order chi connectivity index (χ0) is 26.6. The fourth-order valence-electron chi connectivity index (χ4n) is 5.20. The lowest BCUT2D eigenvalue weighted by Gasteiger charge is -2.43. The quantitative estimate of drug-likeness (QED) is 0.227. The molecule has 5 rings (SSSR count). The first-order chi connectivity index (χ1) is 17.6. The van der Waals surface area contributed by atoms with Gasteiger partial charge in [-0.25, -0.2) is 4.79 Å².